The zero-order chi connectivity index (χ0) is 20.3. The maximum absolute atomic E-state index is 12.7. The molecule has 28 heavy (non-hydrogen) atoms. The number of carbonyl (C=O) groups is 2. The molecule has 0 aliphatic carbocycles. The van der Waals surface area contributed by atoms with E-state index in [1.54, 1.807) is 47.4 Å². The fourth-order valence-corrected chi connectivity index (χ4v) is 4.44. The van der Waals surface area contributed by atoms with Crippen LogP contribution in [-0.4, -0.2) is 33.7 Å². The minimum atomic E-state index is -0.612. The van der Waals surface area contributed by atoms with E-state index in [1.807, 2.05) is 6.92 Å². The molecular weight excluding hydrogens is 441 g/mol. The third-order valence-electron chi connectivity index (χ3n) is 3.93. The maximum atomic E-state index is 12.7. The Hall–Kier alpha value is -1.73. The van der Waals surface area contributed by atoms with Gasteiger partial charge in [0.15, 0.2) is 5.17 Å². The molecule has 0 bridgehead atoms. The molecule has 0 saturated carbocycles. The molecule has 1 fully saturated rings. The van der Waals surface area contributed by atoms with Crippen LogP contribution >= 0.6 is 46.6 Å². The summed E-state index contributed by atoms with van der Waals surface area (Å²) in [4.78, 5) is 31.4. The lowest BCUT2D eigenvalue weighted by molar-refractivity contribution is -0.129. The van der Waals surface area contributed by atoms with Crippen molar-refractivity contribution in [3.63, 3.8) is 0 Å². The van der Waals surface area contributed by atoms with Gasteiger partial charge in [0, 0.05) is 33.7 Å². The van der Waals surface area contributed by atoms with Gasteiger partial charge in [-0.2, -0.15) is 0 Å². The van der Waals surface area contributed by atoms with Crippen LogP contribution in [0.25, 0.3) is 0 Å². The van der Waals surface area contributed by atoms with Crippen LogP contribution in [0.1, 0.15) is 13.3 Å². The maximum Gasteiger partial charge on any atom is 0.238 e. The molecule has 2 aromatic rings. The fraction of sp³-hybridized carbons (Fsp3) is 0.211. The largest absolute Gasteiger partial charge is 0.325 e. The second-order valence-electron chi connectivity index (χ2n) is 5.97. The first kappa shape index (κ1) is 21.0. The molecule has 9 heteroatoms. The van der Waals surface area contributed by atoms with Gasteiger partial charge in [0.25, 0.3) is 0 Å². The second kappa shape index (κ2) is 9.18. The number of nitrogens with one attached hydrogen (secondary N) is 1. The number of thioether (sulfide) groups is 1. The quantitative estimate of drug-likeness (QED) is 0.649. The molecule has 2 aromatic carbocycles. The zero-order valence-electron chi connectivity index (χ0n) is 14.8. The number of nitrogens with zero attached hydrogens (tertiary/aromatic N) is 2. The molecule has 1 atom stereocenters. The first-order valence-electron chi connectivity index (χ1n) is 8.44. The monoisotopic (exact) mass is 455 g/mol. The number of aliphatic imine (C=N–C) groups is 1. The average molecular weight is 457 g/mol. The highest BCUT2D eigenvalue weighted by Gasteiger charge is 2.35. The highest BCUT2D eigenvalue weighted by molar-refractivity contribution is 8.15. The highest BCUT2D eigenvalue weighted by atomic mass is 35.5. The van der Waals surface area contributed by atoms with Crippen LogP contribution < -0.4 is 5.32 Å². The second-order valence-corrected chi connectivity index (χ2v) is 8.45. The lowest BCUT2D eigenvalue weighted by atomic mass is 10.2. The van der Waals surface area contributed by atoms with Gasteiger partial charge in [-0.05, 0) is 49.4 Å². The number of rotatable bonds is 4. The number of amidine groups is 1. The van der Waals surface area contributed by atoms with E-state index in [0.717, 1.165) is 0 Å². The Labute approximate surface area is 182 Å². The zero-order valence-corrected chi connectivity index (χ0v) is 17.9. The van der Waals surface area contributed by atoms with Crippen LogP contribution in [0.3, 0.4) is 0 Å². The summed E-state index contributed by atoms with van der Waals surface area (Å²) in [6, 6.07) is 11.7. The van der Waals surface area contributed by atoms with Gasteiger partial charge in [-0.3, -0.25) is 14.5 Å². The third-order valence-corrected chi connectivity index (χ3v) is 5.81. The summed E-state index contributed by atoms with van der Waals surface area (Å²) in [5.41, 5.74) is 1.13. The first-order chi connectivity index (χ1) is 13.4. The average Bonchev–Trinajstić information content (AvgIpc) is 2.62. The van der Waals surface area contributed by atoms with Crippen LogP contribution in [0.15, 0.2) is 47.5 Å². The summed E-state index contributed by atoms with van der Waals surface area (Å²) in [6.45, 7) is 2.33. The number of hydrogen-bond donors (Lipinski definition) is 1. The SMILES string of the molecule is CCN1C(=O)CC(C(=O)Nc2cc(Cl)cc(Cl)c2)SC1=Nc1ccc(Cl)cc1. The smallest absolute Gasteiger partial charge is 0.238 e. The molecule has 0 aromatic heterocycles. The molecule has 5 nitrogen and oxygen atoms in total. The van der Waals surface area contributed by atoms with Crippen molar-refractivity contribution in [1.29, 1.82) is 0 Å². The van der Waals surface area contributed by atoms with Gasteiger partial charge in [0.2, 0.25) is 11.8 Å². The number of benzene rings is 2. The van der Waals surface area contributed by atoms with E-state index in [9.17, 15) is 9.59 Å². The van der Waals surface area contributed by atoms with E-state index in [4.69, 9.17) is 34.8 Å². The fourth-order valence-electron chi connectivity index (χ4n) is 2.63. The van der Waals surface area contributed by atoms with E-state index in [0.29, 0.717) is 38.2 Å². The highest BCUT2D eigenvalue weighted by Crippen LogP contribution is 2.31. The molecule has 1 aliphatic rings. The van der Waals surface area contributed by atoms with E-state index in [2.05, 4.69) is 10.3 Å². The van der Waals surface area contributed by atoms with Gasteiger partial charge >= 0.3 is 0 Å². The summed E-state index contributed by atoms with van der Waals surface area (Å²) in [5.74, 6) is -0.463. The van der Waals surface area contributed by atoms with Gasteiger partial charge < -0.3 is 5.32 Å². The Kier molecular flexibility index (Phi) is 6.88. The van der Waals surface area contributed by atoms with Gasteiger partial charge in [-0.25, -0.2) is 4.99 Å². The summed E-state index contributed by atoms with van der Waals surface area (Å²) in [7, 11) is 0. The van der Waals surface area contributed by atoms with E-state index in [1.165, 1.54) is 11.8 Å². The molecular formula is C19H16Cl3N3O2S. The number of anilines is 1. The van der Waals surface area contributed by atoms with Crippen molar-refractivity contribution in [2.24, 2.45) is 4.99 Å². The molecule has 2 amide bonds. The molecule has 1 heterocycles. The third kappa shape index (κ3) is 5.20. The minimum absolute atomic E-state index is 0.0816. The Morgan fingerprint density at radius 1 is 1.14 bits per heavy atom. The van der Waals surface area contributed by atoms with Crippen molar-refractivity contribution < 1.29 is 9.59 Å². The number of hydrogen-bond acceptors (Lipinski definition) is 4. The van der Waals surface area contributed by atoms with Crippen molar-refractivity contribution in [2.75, 3.05) is 11.9 Å². The molecule has 146 valence electrons. The summed E-state index contributed by atoms with van der Waals surface area (Å²) < 4.78 is 0. The standard InChI is InChI=1S/C19H16Cl3N3O2S/c1-2-25-17(26)10-16(18(27)23-15-8-12(21)7-13(22)9-15)28-19(25)24-14-5-3-11(20)4-6-14/h3-9,16H,2,10H2,1H3,(H,23,27). The van der Waals surface area contributed by atoms with Gasteiger partial charge in [-0.15, -0.1) is 0 Å². The van der Waals surface area contributed by atoms with Crippen LogP contribution in [-0.2, 0) is 9.59 Å². The van der Waals surface area contributed by atoms with Gasteiger partial charge in [-0.1, -0.05) is 46.6 Å². The predicted molar refractivity (Wildman–Crippen MR) is 117 cm³/mol. The van der Waals surface area contributed by atoms with Crippen LogP contribution in [0.2, 0.25) is 15.1 Å². The Morgan fingerprint density at radius 3 is 2.39 bits per heavy atom. The summed E-state index contributed by atoms with van der Waals surface area (Å²) >= 11 is 19.1. The van der Waals surface area contributed by atoms with Gasteiger partial charge in [0.1, 0.15) is 5.25 Å². The number of carbonyl (C=O) groups excluding carboxylic acids is 2. The molecule has 1 N–H and O–H groups in total. The predicted octanol–water partition coefficient (Wildman–Crippen LogP) is 5.63. The first-order valence-corrected chi connectivity index (χ1v) is 10.5. The van der Waals surface area contributed by atoms with Crippen LogP contribution in [0.4, 0.5) is 11.4 Å². The summed E-state index contributed by atoms with van der Waals surface area (Å²) in [5, 5.41) is 4.06. The van der Waals surface area contributed by atoms with Crippen molar-refractivity contribution in [3.8, 4) is 0 Å². The Morgan fingerprint density at radius 2 is 1.79 bits per heavy atom. The number of halogens is 3. The molecule has 1 aliphatic heterocycles. The Bertz CT molecular complexity index is 914. The lowest BCUT2D eigenvalue weighted by Gasteiger charge is -2.30. The van der Waals surface area contributed by atoms with E-state index < -0.39 is 5.25 Å². The van der Waals surface area contributed by atoms with E-state index >= 15 is 0 Å². The van der Waals surface area contributed by atoms with Crippen LogP contribution in [0.5, 0.6) is 0 Å². The van der Waals surface area contributed by atoms with Gasteiger partial charge in [0.05, 0.1) is 5.69 Å². The van der Waals surface area contributed by atoms with E-state index in [-0.39, 0.29) is 18.2 Å². The van der Waals surface area contributed by atoms with Crippen molar-refractivity contribution in [3.05, 3.63) is 57.5 Å². The van der Waals surface area contributed by atoms with Crippen molar-refractivity contribution in [2.45, 2.75) is 18.6 Å². The summed E-state index contributed by atoms with van der Waals surface area (Å²) in [6.07, 6.45) is 0.0816. The lowest BCUT2D eigenvalue weighted by Crippen LogP contribution is -2.45. The molecule has 0 spiro atoms. The Balaban J connectivity index is 1.81. The normalized spacial score (nSPS) is 18.4. The van der Waals surface area contributed by atoms with Crippen molar-refractivity contribution >= 4 is 74.9 Å². The van der Waals surface area contributed by atoms with Crippen LogP contribution in [0, 0.1) is 0 Å². The minimum Gasteiger partial charge on any atom is -0.325 e. The molecule has 3 rings (SSSR count). The molecule has 1 unspecified atom stereocenters. The van der Waals surface area contributed by atoms with Crippen molar-refractivity contribution in [1.82, 2.24) is 4.90 Å². The topological polar surface area (TPSA) is 61.8 Å². The molecule has 0 radical (unpaired) electrons. The molecule has 1 saturated heterocycles. The number of amides is 2.